The lowest BCUT2D eigenvalue weighted by Gasteiger charge is -2.17. The molecule has 2 atom stereocenters. The Morgan fingerprint density at radius 1 is 1.07 bits per heavy atom. The highest BCUT2D eigenvalue weighted by molar-refractivity contribution is 5.78. The van der Waals surface area contributed by atoms with E-state index in [1.165, 1.54) is 12.1 Å². The summed E-state index contributed by atoms with van der Waals surface area (Å²) in [7, 11) is 0. The number of amides is 1. The summed E-state index contributed by atoms with van der Waals surface area (Å²) in [6, 6.07) is 14.2. The zero-order chi connectivity index (χ0) is 19.4. The van der Waals surface area contributed by atoms with Crippen LogP contribution in [0.2, 0.25) is 0 Å². The van der Waals surface area contributed by atoms with Crippen LogP contribution in [-0.2, 0) is 11.0 Å². The van der Waals surface area contributed by atoms with Gasteiger partial charge in [0, 0.05) is 19.0 Å². The quantitative estimate of drug-likeness (QED) is 0.869. The molecular weight excluding hydrogens is 357 g/mol. The molecule has 1 aliphatic heterocycles. The fraction of sp³-hybridized carbons (Fsp3) is 0.350. The molecule has 7 heteroatoms. The van der Waals surface area contributed by atoms with Gasteiger partial charge in [-0.05, 0) is 42.3 Å². The molecule has 0 unspecified atom stereocenters. The van der Waals surface area contributed by atoms with E-state index in [-0.39, 0.29) is 30.1 Å². The summed E-state index contributed by atoms with van der Waals surface area (Å²) in [4.78, 5) is 14.2. The first kappa shape index (κ1) is 19.2. The molecule has 2 N–H and O–H groups in total. The number of carbonyl (C=O) groups excluding carboxylic acids is 1. The molecule has 1 aliphatic rings. The van der Waals surface area contributed by atoms with E-state index in [4.69, 9.17) is 10.5 Å². The first-order valence-corrected chi connectivity index (χ1v) is 8.71. The van der Waals surface area contributed by atoms with E-state index in [0.29, 0.717) is 19.6 Å². The van der Waals surface area contributed by atoms with Crippen LogP contribution in [0, 0.1) is 5.92 Å². The van der Waals surface area contributed by atoms with Crippen LogP contribution in [-0.4, -0.2) is 37.0 Å². The van der Waals surface area contributed by atoms with Crippen molar-refractivity contribution in [3.63, 3.8) is 0 Å². The van der Waals surface area contributed by atoms with Gasteiger partial charge in [0.05, 0.1) is 5.56 Å². The van der Waals surface area contributed by atoms with Crippen LogP contribution in [0.3, 0.4) is 0 Å². The van der Waals surface area contributed by atoms with Crippen molar-refractivity contribution >= 4 is 5.91 Å². The molecule has 1 amide bonds. The number of alkyl halides is 3. The maximum Gasteiger partial charge on any atom is 0.416 e. The molecule has 1 heterocycles. The van der Waals surface area contributed by atoms with Gasteiger partial charge < -0.3 is 15.4 Å². The smallest absolute Gasteiger partial charge is 0.416 e. The number of carbonyl (C=O) groups is 1. The lowest BCUT2D eigenvalue weighted by molar-refractivity contribution is -0.137. The molecule has 0 bridgehead atoms. The number of benzene rings is 2. The number of hydrogen-bond acceptors (Lipinski definition) is 3. The van der Waals surface area contributed by atoms with Crippen LogP contribution in [0.25, 0.3) is 0 Å². The summed E-state index contributed by atoms with van der Waals surface area (Å²) in [5, 5.41) is 0. The number of halogens is 3. The van der Waals surface area contributed by atoms with Gasteiger partial charge in [0.2, 0.25) is 0 Å². The molecule has 2 aromatic carbocycles. The summed E-state index contributed by atoms with van der Waals surface area (Å²) in [5.74, 6) is 0.367. The highest BCUT2D eigenvalue weighted by Gasteiger charge is 2.35. The van der Waals surface area contributed by atoms with Gasteiger partial charge in [-0.25, -0.2) is 0 Å². The average molecular weight is 378 g/mol. The number of nitrogens with two attached hydrogens (primary N) is 1. The van der Waals surface area contributed by atoms with Crippen molar-refractivity contribution < 1.29 is 22.7 Å². The number of hydrogen-bond donors (Lipinski definition) is 1. The van der Waals surface area contributed by atoms with E-state index < -0.39 is 11.7 Å². The second-order valence-corrected chi connectivity index (χ2v) is 6.62. The van der Waals surface area contributed by atoms with Crippen molar-refractivity contribution in [3.8, 4) is 5.75 Å². The third-order valence-electron chi connectivity index (χ3n) is 4.87. The Labute approximate surface area is 155 Å². The first-order valence-electron chi connectivity index (χ1n) is 8.71. The number of rotatable bonds is 5. The van der Waals surface area contributed by atoms with Crippen molar-refractivity contribution in [2.45, 2.75) is 12.1 Å². The second kappa shape index (κ2) is 8.00. The molecule has 1 saturated heterocycles. The topological polar surface area (TPSA) is 55.6 Å². The van der Waals surface area contributed by atoms with Gasteiger partial charge in [0.1, 0.15) is 5.75 Å². The standard InChI is InChI=1S/C20H21F3N2O2/c21-20(22,23)16-6-8-17(9-7-16)27-13-19(26)25-11-15(10-24)18(12-25)14-4-2-1-3-5-14/h1-9,15,18H,10-13,24H2/t15-,18+/m1/s1. The van der Waals surface area contributed by atoms with E-state index in [0.717, 1.165) is 17.7 Å². The highest BCUT2D eigenvalue weighted by atomic mass is 19.4. The Morgan fingerprint density at radius 3 is 2.33 bits per heavy atom. The van der Waals surface area contributed by atoms with E-state index in [1.807, 2.05) is 30.3 Å². The molecule has 0 aliphatic carbocycles. The molecule has 4 nitrogen and oxygen atoms in total. The minimum absolute atomic E-state index is 0.169. The number of nitrogens with zero attached hydrogens (tertiary/aromatic N) is 1. The highest BCUT2D eigenvalue weighted by Crippen LogP contribution is 2.32. The summed E-state index contributed by atoms with van der Waals surface area (Å²) in [5.41, 5.74) is 6.27. The van der Waals surface area contributed by atoms with Crippen molar-refractivity contribution in [3.05, 3.63) is 65.7 Å². The maximum absolute atomic E-state index is 12.6. The van der Waals surface area contributed by atoms with Crippen molar-refractivity contribution in [2.24, 2.45) is 11.7 Å². The zero-order valence-corrected chi connectivity index (χ0v) is 14.7. The van der Waals surface area contributed by atoms with E-state index in [9.17, 15) is 18.0 Å². The van der Waals surface area contributed by atoms with Gasteiger partial charge in [-0.3, -0.25) is 4.79 Å². The second-order valence-electron chi connectivity index (χ2n) is 6.62. The Bertz CT molecular complexity index is 763. The molecular formula is C20H21F3N2O2. The normalized spacial score (nSPS) is 19.9. The van der Waals surface area contributed by atoms with E-state index >= 15 is 0 Å². The van der Waals surface area contributed by atoms with Gasteiger partial charge in [0.15, 0.2) is 6.61 Å². The maximum atomic E-state index is 12.6. The molecule has 0 radical (unpaired) electrons. The van der Waals surface area contributed by atoms with Gasteiger partial charge in [-0.15, -0.1) is 0 Å². The lowest BCUT2D eigenvalue weighted by atomic mass is 9.89. The molecule has 144 valence electrons. The van der Waals surface area contributed by atoms with Gasteiger partial charge in [-0.1, -0.05) is 30.3 Å². The van der Waals surface area contributed by atoms with Crippen LogP contribution in [0.1, 0.15) is 17.0 Å². The van der Waals surface area contributed by atoms with E-state index in [1.54, 1.807) is 4.90 Å². The largest absolute Gasteiger partial charge is 0.484 e. The molecule has 2 aromatic rings. The molecule has 0 spiro atoms. The Hall–Kier alpha value is -2.54. The Morgan fingerprint density at radius 2 is 1.74 bits per heavy atom. The third-order valence-corrected chi connectivity index (χ3v) is 4.87. The van der Waals surface area contributed by atoms with Crippen molar-refractivity contribution in [1.82, 2.24) is 4.90 Å². The lowest BCUT2D eigenvalue weighted by Crippen LogP contribution is -2.33. The van der Waals surface area contributed by atoms with Crippen LogP contribution in [0.4, 0.5) is 13.2 Å². The van der Waals surface area contributed by atoms with Crippen molar-refractivity contribution in [1.29, 1.82) is 0 Å². The molecule has 0 saturated carbocycles. The molecule has 0 aromatic heterocycles. The molecule has 1 fully saturated rings. The minimum atomic E-state index is -4.40. The van der Waals surface area contributed by atoms with Crippen LogP contribution < -0.4 is 10.5 Å². The van der Waals surface area contributed by atoms with Gasteiger partial charge in [0.25, 0.3) is 5.91 Å². The molecule has 3 rings (SSSR count). The SMILES string of the molecule is NC[C@@H]1CN(C(=O)COc2ccc(C(F)(F)F)cc2)C[C@H]1c1ccccc1. The van der Waals surface area contributed by atoms with Crippen LogP contribution >= 0.6 is 0 Å². The monoisotopic (exact) mass is 378 g/mol. The van der Waals surface area contributed by atoms with Crippen molar-refractivity contribution in [2.75, 3.05) is 26.2 Å². The van der Waals surface area contributed by atoms with Crippen LogP contribution in [0.5, 0.6) is 5.75 Å². The summed E-state index contributed by atoms with van der Waals surface area (Å²) in [6.07, 6.45) is -4.40. The summed E-state index contributed by atoms with van der Waals surface area (Å²) < 4.78 is 43.1. The Balaban J connectivity index is 1.58. The number of ether oxygens (including phenoxy) is 1. The molecule has 27 heavy (non-hydrogen) atoms. The third kappa shape index (κ3) is 4.60. The summed E-state index contributed by atoms with van der Waals surface area (Å²) in [6.45, 7) is 1.36. The summed E-state index contributed by atoms with van der Waals surface area (Å²) >= 11 is 0. The minimum Gasteiger partial charge on any atom is -0.484 e. The fourth-order valence-electron chi connectivity index (χ4n) is 3.37. The zero-order valence-electron chi connectivity index (χ0n) is 14.7. The fourth-order valence-corrected chi connectivity index (χ4v) is 3.37. The van der Waals surface area contributed by atoms with Gasteiger partial charge in [-0.2, -0.15) is 13.2 Å². The number of likely N-dealkylation sites (tertiary alicyclic amines) is 1. The predicted octanol–water partition coefficient (Wildman–Crippen LogP) is 3.29. The Kier molecular flexibility index (Phi) is 5.70. The van der Waals surface area contributed by atoms with E-state index in [2.05, 4.69) is 0 Å². The van der Waals surface area contributed by atoms with Crippen LogP contribution in [0.15, 0.2) is 54.6 Å². The predicted molar refractivity (Wildman–Crippen MR) is 95.2 cm³/mol. The average Bonchev–Trinajstić information content (AvgIpc) is 3.11. The van der Waals surface area contributed by atoms with Gasteiger partial charge >= 0.3 is 6.18 Å². The first-order chi connectivity index (χ1) is 12.9.